The predicted molar refractivity (Wildman–Crippen MR) is 106 cm³/mol. The molecule has 4 heterocycles. The van der Waals surface area contributed by atoms with Gasteiger partial charge in [-0.1, -0.05) is 0 Å². The van der Waals surface area contributed by atoms with Crippen molar-refractivity contribution in [2.45, 2.75) is 6.61 Å². The maximum Gasteiger partial charge on any atom is 0.322 e. The number of hydrogen-bond donors (Lipinski definition) is 3. The number of H-pyrrole nitrogens is 1. The summed E-state index contributed by atoms with van der Waals surface area (Å²) in [5.41, 5.74) is 6.94. The van der Waals surface area contributed by atoms with Gasteiger partial charge < -0.3 is 25.6 Å². The molecule has 0 radical (unpaired) electrons. The standard InChI is InChI=1S/C18H21N9O2/c19-17-21-5-3-13(24-17)12-29-15-2-1-4-20-16(15)26-6-8-27(9-7-26)18(28)25-14-10-22-23-11-14/h1-5,10-11H,6-9,12H2,(H,22,23)(H,25,28)(H2,19,21,24). The number of pyridine rings is 1. The lowest BCUT2D eigenvalue weighted by molar-refractivity contribution is 0.208. The number of rotatable bonds is 5. The topological polar surface area (TPSA) is 138 Å². The van der Waals surface area contributed by atoms with Gasteiger partial charge in [-0.15, -0.1) is 0 Å². The van der Waals surface area contributed by atoms with Crippen LogP contribution in [-0.2, 0) is 6.61 Å². The molecule has 0 aliphatic carbocycles. The Morgan fingerprint density at radius 3 is 2.83 bits per heavy atom. The Kier molecular flexibility index (Phi) is 5.36. The first-order valence-corrected chi connectivity index (χ1v) is 9.14. The number of nitrogens with two attached hydrogens (primary N) is 1. The van der Waals surface area contributed by atoms with Crippen LogP contribution in [0.1, 0.15) is 5.69 Å². The number of carbonyl (C=O) groups excluding carboxylic acids is 1. The van der Waals surface area contributed by atoms with Crippen LogP contribution in [0.5, 0.6) is 5.75 Å². The van der Waals surface area contributed by atoms with Gasteiger partial charge in [-0.3, -0.25) is 5.10 Å². The SMILES string of the molecule is Nc1nccc(COc2cccnc2N2CCN(C(=O)Nc3cn[nH]c3)CC2)n1. The fraction of sp³-hybridized carbons (Fsp3) is 0.278. The summed E-state index contributed by atoms with van der Waals surface area (Å²) in [6.45, 7) is 2.70. The van der Waals surface area contributed by atoms with Gasteiger partial charge in [0.1, 0.15) is 6.61 Å². The summed E-state index contributed by atoms with van der Waals surface area (Å²) in [6.07, 6.45) is 6.52. The lowest BCUT2D eigenvalue weighted by atomic mass is 10.3. The lowest BCUT2D eigenvalue weighted by Crippen LogP contribution is -2.50. The number of piperazine rings is 1. The Balaban J connectivity index is 1.36. The Bertz CT molecular complexity index is 955. The summed E-state index contributed by atoms with van der Waals surface area (Å²) in [5, 5.41) is 9.31. The van der Waals surface area contributed by atoms with Crippen LogP contribution >= 0.6 is 0 Å². The molecule has 4 N–H and O–H groups in total. The van der Waals surface area contributed by atoms with Gasteiger partial charge in [0.15, 0.2) is 11.6 Å². The van der Waals surface area contributed by atoms with Crippen LogP contribution in [0.2, 0.25) is 0 Å². The Labute approximate surface area is 166 Å². The van der Waals surface area contributed by atoms with Crippen molar-refractivity contribution in [2.75, 3.05) is 42.1 Å². The van der Waals surface area contributed by atoms with E-state index in [0.29, 0.717) is 43.3 Å². The van der Waals surface area contributed by atoms with Crippen LogP contribution in [0.15, 0.2) is 43.0 Å². The minimum absolute atomic E-state index is 0.148. The third-order valence-electron chi connectivity index (χ3n) is 4.47. The summed E-state index contributed by atoms with van der Waals surface area (Å²) >= 11 is 0. The van der Waals surface area contributed by atoms with E-state index in [1.807, 2.05) is 12.1 Å². The molecule has 0 spiro atoms. The summed E-state index contributed by atoms with van der Waals surface area (Å²) in [4.78, 5) is 28.7. The quantitative estimate of drug-likeness (QED) is 0.584. The van der Waals surface area contributed by atoms with Crippen molar-refractivity contribution in [3.05, 3.63) is 48.7 Å². The zero-order valence-electron chi connectivity index (χ0n) is 15.7. The molecule has 3 aromatic heterocycles. The minimum Gasteiger partial charge on any atom is -0.483 e. The van der Waals surface area contributed by atoms with Crippen molar-refractivity contribution < 1.29 is 9.53 Å². The van der Waals surface area contributed by atoms with Gasteiger partial charge in [0.25, 0.3) is 0 Å². The molecule has 150 valence electrons. The van der Waals surface area contributed by atoms with E-state index in [2.05, 4.69) is 35.4 Å². The molecular formula is C18H21N9O2. The number of anilines is 3. The van der Waals surface area contributed by atoms with Crippen molar-refractivity contribution in [1.82, 2.24) is 30.0 Å². The fourth-order valence-corrected chi connectivity index (χ4v) is 3.02. The smallest absolute Gasteiger partial charge is 0.322 e. The van der Waals surface area contributed by atoms with Gasteiger partial charge >= 0.3 is 6.03 Å². The number of hydrogen-bond acceptors (Lipinski definition) is 8. The lowest BCUT2D eigenvalue weighted by Gasteiger charge is -2.35. The van der Waals surface area contributed by atoms with Gasteiger partial charge in [-0.25, -0.2) is 19.7 Å². The van der Waals surface area contributed by atoms with Crippen molar-refractivity contribution in [1.29, 1.82) is 0 Å². The first kappa shape index (κ1) is 18.5. The molecule has 2 amide bonds. The van der Waals surface area contributed by atoms with Crippen LogP contribution in [-0.4, -0.2) is 62.3 Å². The molecule has 3 aromatic rings. The van der Waals surface area contributed by atoms with E-state index < -0.39 is 0 Å². The third-order valence-corrected chi connectivity index (χ3v) is 4.47. The second-order valence-electron chi connectivity index (χ2n) is 6.41. The van der Waals surface area contributed by atoms with E-state index in [0.717, 1.165) is 5.82 Å². The van der Waals surface area contributed by atoms with E-state index in [1.54, 1.807) is 35.8 Å². The Morgan fingerprint density at radius 2 is 2.07 bits per heavy atom. The van der Waals surface area contributed by atoms with Crippen LogP contribution in [0, 0.1) is 0 Å². The number of nitrogens with zero attached hydrogens (tertiary/aromatic N) is 6. The molecule has 0 unspecified atom stereocenters. The van der Waals surface area contributed by atoms with Crippen LogP contribution in [0.3, 0.4) is 0 Å². The highest BCUT2D eigenvalue weighted by molar-refractivity contribution is 5.89. The predicted octanol–water partition coefficient (Wildman–Crippen LogP) is 1.11. The van der Waals surface area contributed by atoms with Crippen molar-refractivity contribution >= 4 is 23.5 Å². The van der Waals surface area contributed by atoms with Gasteiger partial charge in [-0.2, -0.15) is 5.10 Å². The molecule has 0 saturated carbocycles. The first-order valence-electron chi connectivity index (χ1n) is 9.14. The minimum atomic E-state index is -0.148. The van der Waals surface area contributed by atoms with Crippen molar-refractivity contribution in [3.63, 3.8) is 0 Å². The molecule has 0 atom stereocenters. The molecule has 0 aromatic carbocycles. The molecule has 1 saturated heterocycles. The summed E-state index contributed by atoms with van der Waals surface area (Å²) in [6, 6.07) is 5.29. The average Bonchev–Trinajstić information content (AvgIpc) is 3.26. The number of carbonyl (C=O) groups is 1. The Morgan fingerprint density at radius 1 is 1.21 bits per heavy atom. The number of aromatic amines is 1. The van der Waals surface area contributed by atoms with Gasteiger partial charge in [0, 0.05) is 44.8 Å². The zero-order chi connectivity index (χ0) is 20.1. The monoisotopic (exact) mass is 395 g/mol. The molecule has 11 heteroatoms. The van der Waals surface area contributed by atoms with Gasteiger partial charge in [0.2, 0.25) is 5.95 Å². The number of urea groups is 1. The van der Waals surface area contributed by atoms with Crippen molar-refractivity contribution in [2.24, 2.45) is 0 Å². The van der Waals surface area contributed by atoms with Crippen LogP contribution in [0.4, 0.5) is 22.2 Å². The summed E-state index contributed by atoms with van der Waals surface area (Å²) in [5.74, 6) is 1.60. The molecule has 11 nitrogen and oxygen atoms in total. The maximum absolute atomic E-state index is 12.4. The highest BCUT2D eigenvalue weighted by Crippen LogP contribution is 2.27. The summed E-state index contributed by atoms with van der Waals surface area (Å²) < 4.78 is 5.92. The summed E-state index contributed by atoms with van der Waals surface area (Å²) in [7, 11) is 0. The fourth-order valence-electron chi connectivity index (χ4n) is 3.02. The first-order chi connectivity index (χ1) is 14.2. The number of aromatic nitrogens is 5. The van der Waals surface area contributed by atoms with Gasteiger partial charge in [-0.05, 0) is 18.2 Å². The maximum atomic E-state index is 12.4. The van der Waals surface area contributed by atoms with E-state index in [9.17, 15) is 4.79 Å². The molecule has 4 rings (SSSR count). The average molecular weight is 395 g/mol. The van der Waals surface area contributed by atoms with Crippen LogP contribution < -0.4 is 20.7 Å². The van der Waals surface area contributed by atoms with E-state index >= 15 is 0 Å². The van der Waals surface area contributed by atoms with Gasteiger partial charge in [0.05, 0.1) is 17.6 Å². The van der Waals surface area contributed by atoms with E-state index in [-0.39, 0.29) is 18.6 Å². The second-order valence-corrected chi connectivity index (χ2v) is 6.41. The number of nitrogen functional groups attached to an aromatic ring is 1. The molecule has 1 fully saturated rings. The molecule has 0 bridgehead atoms. The number of ether oxygens (including phenoxy) is 1. The highest BCUT2D eigenvalue weighted by Gasteiger charge is 2.24. The van der Waals surface area contributed by atoms with Crippen LogP contribution in [0.25, 0.3) is 0 Å². The highest BCUT2D eigenvalue weighted by atomic mass is 16.5. The molecule has 1 aliphatic heterocycles. The largest absolute Gasteiger partial charge is 0.483 e. The molecule has 29 heavy (non-hydrogen) atoms. The normalized spacial score (nSPS) is 13.9. The van der Waals surface area contributed by atoms with Crippen molar-refractivity contribution in [3.8, 4) is 5.75 Å². The number of amides is 2. The molecule has 1 aliphatic rings. The zero-order valence-corrected chi connectivity index (χ0v) is 15.7. The molecular weight excluding hydrogens is 374 g/mol. The van der Waals surface area contributed by atoms with E-state index in [1.165, 1.54) is 0 Å². The van der Waals surface area contributed by atoms with E-state index in [4.69, 9.17) is 10.5 Å². The third kappa shape index (κ3) is 4.51. The second kappa shape index (κ2) is 8.42. The number of nitrogens with one attached hydrogen (secondary N) is 2. The Hall–Kier alpha value is -3.89.